The molecular weight excluding hydrogens is 276 g/mol. The van der Waals surface area contributed by atoms with Gasteiger partial charge < -0.3 is 10.6 Å². The van der Waals surface area contributed by atoms with Crippen LogP contribution in [-0.4, -0.2) is 15.7 Å². The van der Waals surface area contributed by atoms with Crippen molar-refractivity contribution in [2.24, 2.45) is 7.05 Å². The number of carbonyl (C=O) groups excluding carboxylic acids is 1. The van der Waals surface area contributed by atoms with Crippen molar-refractivity contribution in [3.8, 4) is 0 Å². The first-order chi connectivity index (χ1) is 9.47. The molecule has 2 aromatic rings. The maximum atomic E-state index is 11.0. The highest BCUT2D eigenvalue weighted by molar-refractivity contribution is 6.31. The van der Waals surface area contributed by atoms with Gasteiger partial charge in [0.05, 0.1) is 23.0 Å². The average Bonchev–Trinajstić information content (AvgIpc) is 2.61. The minimum Gasteiger partial charge on any atom is -0.379 e. The lowest BCUT2D eigenvalue weighted by Gasteiger charge is -2.09. The molecule has 2 N–H and O–H groups in total. The maximum Gasteiger partial charge on any atom is 0.221 e. The lowest BCUT2D eigenvalue weighted by atomic mass is 10.2. The summed E-state index contributed by atoms with van der Waals surface area (Å²) in [6, 6.07) is 7.53. The van der Waals surface area contributed by atoms with Crippen LogP contribution in [0.1, 0.15) is 18.3 Å². The third-order valence-corrected chi connectivity index (χ3v) is 3.40. The van der Waals surface area contributed by atoms with Gasteiger partial charge in [0, 0.05) is 25.3 Å². The predicted molar refractivity (Wildman–Crippen MR) is 81.0 cm³/mol. The summed E-state index contributed by atoms with van der Waals surface area (Å²) >= 11 is 6.20. The molecule has 0 spiro atoms. The van der Waals surface area contributed by atoms with Gasteiger partial charge in [-0.15, -0.1) is 0 Å². The van der Waals surface area contributed by atoms with Gasteiger partial charge >= 0.3 is 0 Å². The number of nitrogens with one attached hydrogen (secondary N) is 2. The van der Waals surface area contributed by atoms with Crippen LogP contribution in [0.2, 0.25) is 5.02 Å². The van der Waals surface area contributed by atoms with Gasteiger partial charge in [-0.2, -0.15) is 5.10 Å². The van der Waals surface area contributed by atoms with Gasteiger partial charge in [0.15, 0.2) is 0 Å². The van der Waals surface area contributed by atoms with Crippen LogP contribution in [0.5, 0.6) is 0 Å². The minimum absolute atomic E-state index is 0.0903. The van der Waals surface area contributed by atoms with Crippen molar-refractivity contribution >= 4 is 28.9 Å². The fraction of sp³-hybridized carbons (Fsp3) is 0.286. The van der Waals surface area contributed by atoms with E-state index in [1.54, 1.807) is 4.68 Å². The Morgan fingerprint density at radius 2 is 2.10 bits per heavy atom. The Bertz CT molecular complexity index is 636. The molecule has 0 aliphatic heterocycles. The molecule has 0 bridgehead atoms. The number of hydrogen-bond acceptors (Lipinski definition) is 3. The van der Waals surface area contributed by atoms with Crippen LogP contribution in [0.4, 0.5) is 11.4 Å². The van der Waals surface area contributed by atoms with E-state index in [-0.39, 0.29) is 5.91 Å². The number of hydrogen-bond donors (Lipinski definition) is 2. The van der Waals surface area contributed by atoms with E-state index in [2.05, 4.69) is 15.7 Å². The van der Waals surface area contributed by atoms with E-state index < -0.39 is 0 Å². The van der Waals surface area contributed by atoms with Crippen molar-refractivity contribution < 1.29 is 4.79 Å². The van der Waals surface area contributed by atoms with Crippen LogP contribution in [0.15, 0.2) is 24.3 Å². The zero-order chi connectivity index (χ0) is 14.7. The Morgan fingerprint density at radius 1 is 1.40 bits per heavy atom. The third-order valence-electron chi connectivity index (χ3n) is 2.90. The van der Waals surface area contributed by atoms with Crippen molar-refractivity contribution in [3.63, 3.8) is 0 Å². The monoisotopic (exact) mass is 292 g/mol. The van der Waals surface area contributed by atoms with Gasteiger partial charge in [0.1, 0.15) is 0 Å². The van der Waals surface area contributed by atoms with Gasteiger partial charge in [-0.3, -0.25) is 9.48 Å². The molecule has 2 rings (SSSR count). The van der Waals surface area contributed by atoms with Crippen LogP contribution < -0.4 is 10.6 Å². The number of anilines is 2. The summed E-state index contributed by atoms with van der Waals surface area (Å²) in [6.07, 6.45) is 0. The molecule has 1 heterocycles. The van der Waals surface area contributed by atoms with Crippen LogP contribution in [0.25, 0.3) is 0 Å². The molecular formula is C14H17ClN4O. The Morgan fingerprint density at radius 3 is 2.70 bits per heavy atom. The van der Waals surface area contributed by atoms with E-state index in [4.69, 9.17) is 11.6 Å². The van der Waals surface area contributed by atoms with Crippen LogP contribution in [-0.2, 0) is 18.4 Å². The molecule has 1 aromatic carbocycles. The molecule has 0 fully saturated rings. The summed E-state index contributed by atoms with van der Waals surface area (Å²) in [7, 11) is 1.86. The molecule has 5 nitrogen and oxygen atoms in total. The standard InChI is InChI=1S/C14H17ClN4O/c1-9-14(15)13(19(3)18-9)8-16-11-5-4-6-12(7-11)17-10(2)20/h4-7,16H,8H2,1-3H3,(H,17,20). The van der Waals surface area contributed by atoms with E-state index in [0.29, 0.717) is 11.6 Å². The molecule has 6 heteroatoms. The van der Waals surface area contributed by atoms with Crippen molar-refractivity contribution in [2.45, 2.75) is 20.4 Å². The van der Waals surface area contributed by atoms with Gasteiger partial charge in [-0.25, -0.2) is 0 Å². The fourth-order valence-electron chi connectivity index (χ4n) is 1.97. The fourth-order valence-corrected chi connectivity index (χ4v) is 2.20. The van der Waals surface area contributed by atoms with Crippen molar-refractivity contribution in [1.29, 1.82) is 0 Å². The van der Waals surface area contributed by atoms with Crippen LogP contribution in [0.3, 0.4) is 0 Å². The van der Waals surface area contributed by atoms with Gasteiger partial charge in [0.2, 0.25) is 5.91 Å². The number of aryl methyl sites for hydroxylation is 2. The summed E-state index contributed by atoms with van der Waals surface area (Å²) in [5, 5.41) is 11.0. The second kappa shape index (κ2) is 5.96. The lowest BCUT2D eigenvalue weighted by molar-refractivity contribution is -0.114. The number of nitrogens with zero attached hydrogens (tertiary/aromatic N) is 2. The quantitative estimate of drug-likeness (QED) is 0.911. The third kappa shape index (κ3) is 3.30. The molecule has 20 heavy (non-hydrogen) atoms. The second-order valence-corrected chi connectivity index (χ2v) is 4.96. The molecule has 0 aliphatic carbocycles. The molecule has 1 amide bonds. The normalized spacial score (nSPS) is 10.4. The average molecular weight is 293 g/mol. The van der Waals surface area contributed by atoms with Crippen molar-refractivity contribution in [2.75, 3.05) is 10.6 Å². The van der Waals surface area contributed by atoms with Gasteiger partial charge in [-0.1, -0.05) is 17.7 Å². The first kappa shape index (κ1) is 14.4. The predicted octanol–water partition coefficient (Wildman–Crippen LogP) is 2.95. The highest BCUT2D eigenvalue weighted by Gasteiger charge is 2.10. The first-order valence-corrected chi connectivity index (χ1v) is 6.64. The molecule has 106 valence electrons. The number of halogens is 1. The summed E-state index contributed by atoms with van der Waals surface area (Å²) in [5.41, 5.74) is 3.41. The highest BCUT2D eigenvalue weighted by Crippen LogP contribution is 2.21. The zero-order valence-electron chi connectivity index (χ0n) is 11.7. The Labute approximate surface area is 122 Å². The number of benzene rings is 1. The SMILES string of the molecule is CC(=O)Nc1cccc(NCc2c(Cl)c(C)nn2C)c1. The molecule has 0 radical (unpaired) electrons. The molecule has 0 saturated heterocycles. The van der Waals surface area contributed by atoms with Crippen molar-refractivity contribution in [1.82, 2.24) is 9.78 Å². The molecule has 0 aliphatic rings. The summed E-state index contributed by atoms with van der Waals surface area (Å²) in [4.78, 5) is 11.0. The topological polar surface area (TPSA) is 59.0 Å². The van der Waals surface area contributed by atoms with E-state index in [0.717, 1.165) is 22.8 Å². The smallest absolute Gasteiger partial charge is 0.221 e. The Kier molecular flexibility index (Phi) is 4.29. The maximum absolute atomic E-state index is 11.0. The molecule has 0 saturated carbocycles. The van der Waals surface area contributed by atoms with Gasteiger partial charge in [0.25, 0.3) is 0 Å². The number of aromatic nitrogens is 2. The molecule has 0 unspecified atom stereocenters. The van der Waals surface area contributed by atoms with Crippen LogP contribution >= 0.6 is 11.6 Å². The Balaban J connectivity index is 2.09. The first-order valence-electron chi connectivity index (χ1n) is 6.27. The van der Waals surface area contributed by atoms with E-state index in [1.807, 2.05) is 38.2 Å². The lowest BCUT2D eigenvalue weighted by Crippen LogP contribution is -2.08. The largest absolute Gasteiger partial charge is 0.379 e. The number of rotatable bonds is 4. The number of carbonyl (C=O) groups is 1. The van der Waals surface area contributed by atoms with E-state index in [1.165, 1.54) is 6.92 Å². The highest BCUT2D eigenvalue weighted by atomic mass is 35.5. The summed E-state index contributed by atoms with van der Waals surface area (Å²) in [6.45, 7) is 3.93. The van der Waals surface area contributed by atoms with Crippen LogP contribution in [0, 0.1) is 6.92 Å². The van der Waals surface area contributed by atoms with E-state index >= 15 is 0 Å². The summed E-state index contributed by atoms with van der Waals surface area (Å²) in [5.74, 6) is -0.0903. The van der Waals surface area contributed by atoms with Crippen molar-refractivity contribution in [3.05, 3.63) is 40.7 Å². The molecule has 0 atom stereocenters. The minimum atomic E-state index is -0.0903. The van der Waals surface area contributed by atoms with E-state index in [9.17, 15) is 4.79 Å². The second-order valence-electron chi connectivity index (χ2n) is 4.59. The van der Waals surface area contributed by atoms with Gasteiger partial charge in [-0.05, 0) is 25.1 Å². The number of amides is 1. The summed E-state index contributed by atoms with van der Waals surface area (Å²) < 4.78 is 1.77. The Hall–Kier alpha value is -2.01. The zero-order valence-corrected chi connectivity index (χ0v) is 12.5. The molecule has 1 aromatic heterocycles.